The maximum atomic E-state index is 11.9. The van der Waals surface area contributed by atoms with Crippen molar-refractivity contribution in [2.45, 2.75) is 56.7 Å². The molecule has 0 bridgehead atoms. The Kier molecular flexibility index (Phi) is 6.24. The van der Waals surface area contributed by atoms with Crippen LogP contribution in [-0.2, 0) is 9.84 Å². The summed E-state index contributed by atoms with van der Waals surface area (Å²) < 4.78 is 23.7. The van der Waals surface area contributed by atoms with Gasteiger partial charge in [-0.25, -0.2) is 8.42 Å². The van der Waals surface area contributed by atoms with Crippen molar-refractivity contribution in [3.05, 3.63) is 0 Å². The number of thioether (sulfide) groups is 1. The number of sulfone groups is 1. The van der Waals surface area contributed by atoms with Crippen LogP contribution in [0, 0.1) is 11.8 Å². The Balaban J connectivity index is 2.03. The molecule has 0 radical (unpaired) electrons. The van der Waals surface area contributed by atoms with E-state index in [0.717, 1.165) is 38.1 Å². The minimum absolute atomic E-state index is 0.0961. The van der Waals surface area contributed by atoms with Crippen LogP contribution in [0.1, 0.15) is 45.4 Å². The molecule has 5 heteroatoms. The maximum absolute atomic E-state index is 11.9. The van der Waals surface area contributed by atoms with Crippen molar-refractivity contribution in [1.82, 2.24) is 5.32 Å². The van der Waals surface area contributed by atoms with Crippen LogP contribution in [0.3, 0.4) is 0 Å². The van der Waals surface area contributed by atoms with Crippen LogP contribution in [0.5, 0.6) is 0 Å². The van der Waals surface area contributed by atoms with Crippen molar-refractivity contribution in [3.8, 4) is 0 Å². The minimum Gasteiger partial charge on any atom is -0.313 e. The smallest absolute Gasteiger partial charge is 0.150 e. The number of hydrogen-bond acceptors (Lipinski definition) is 4. The molecule has 0 aromatic carbocycles. The van der Waals surface area contributed by atoms with E-state index in [4.69, 9.17) is 0 Å². The molecule has 3 nitrogen and oxygen atoms in total. The fraction of sp³-hybridized carbons (Fsp3) is 1.00. The molecule has 1 aliphatic heterocycles. The molecule has 0 aromatic rings. The van der Waals surface area contributed by atoms with Crippen molar-refractivity contribution >= 4 is 21.6 Å². The maximum Gasteiger partial charge on any atom is 0.150 e. The zero-order valence-electron chi connectivity index (χ0n) is 12.8. The van der Waals surface area contributed by atoms with Gasteiger partial charge in [-0.15, -0.1) is 0 Å². The van der Waals surface area contributed by atoms with Gasteiger partial charge in [-0.1, -0.05) is 13.3 Å². The standard InChI is InChI=1S/C15H29NO2S2/c1-3-8-16-15(13-7-9-19-11-13)12-5-4-6-14(10-12)20(2,17)18/h12-16H,3-11H2,1-2H3. The first-order chi connectivity index (χ1) is 9.52. The van der Waals surface area contributed by atoms with Crippen molar-refractivity contribution in [2.75, 3.05) is 24.3 Å². The number of hydrogen-bond donors (Lipinski definition) is 1. The fourth-order valence-corrected chi connectivity index (χ4v) is 6.27. The van der Waals surface area contributed by atoms with Gasteiger partial charge in [0.1, 0.15) is 9.84 Å². The molecule has 1 N–H and O–H groups in total. The average Bonchev–Trinajstić information content (AvgIpc) is 2.92. The van der Waals surface area contributed by atoms with Crippen molar-refractivity contribution in [3.63, 3.8) is 0 Å². The van der Waals surface area contributed by atoms with Gasteiger partial charge in [-0.05, 0) is 62.0 Å². The van der Waals surface area contributed by atoms with E-state index in [1.54, 1.807) is 0 Å². The molecular weight excluding hydrogens is 290 g/mol. The van der Waals surface area contributed by atoms with E-state index in [1.807, 2.05) is 0 Å². The van der Waals surface area contributed by atoms with Crippen LogP contribution >= 0.6 is 11.8 Å². The summed E-state index contributed by atoms with van der Waals surface area (Å²) in [6.45, 7) is 3.26. The molecule has 1 saturated carbocycles. The molecule has 4 unspecified atom stereocenters. The Morgan fingerprint density at radius 3 is 2.65 bits per heavy atom. The molecule has 4 atom stereocenters. The molecule has 0 amide bonds. The zero-order chi connectivity index (χ0) is 14.6. The lowest BCUT2D eigenvalue weighted by atomic mass is 9.78. The van der Waals surface area contributed by atoms with E-state index in [9.17, 15) is 8.42 Å². The second-order valence-electron chi connectivity index (χ2n) is 6.48. The Morgan fingerprint density at radius 1 is 1.25 bits per heavy atom. The Hall–Kier alpha value is 0.260. The Labute approximate surface area is 128 Å². The van der Waals surface area contributed by atoms with Crippen LogP contribution in [0.2, 0.25) is 0 Å². The van der Waals surface area contributed by atoms with Gasteiger partial charge in [0.25, 0.3) is 0 Å². The van der Waals surface area contributed by atoms with Gasteiger partial charge in [0.15, 0.2) is 0 Å². The van der Waals surface area contributed by atoms with E-state index in [0.29, 0.717) is 12.0 Å². The van der Waals surface area contributed by atoms with E-state index in [1.165, 1.54) is 30.6 Å². The minimum atomic E-state index is -2.87. The topological polar surface area (TPSA) is 46.2 Å². The van der Waals surface area contributed by atoms with Crippen LogP contribution in [0.4, 0.5) is 0 Å². The van der Waals surface area contributed by atoms with E-state index >= 15 is 0 Å². The lowest BCUT2D eigenvalue weighted by molar-refractivity contribution is 0.219. The van der Waals surface area contributed by atoms with E-state index in [2.05, 4.69) is 24.0 Å². The lowest BCUT2D eigenvalue weighted by Crippen LogP contribution is -2.46. The molecule has 2 rings (SSSR count). The van der Waals surface area contributed by atoms with Crippen molar-refractivity contribution in [2.24, 2.45) is 11.8 Å². The third kappa shape index (κ3) is 4.38. The Morgan fingerprint density at radius 2 is 2.05 bits per heavy atom. The van der Waals surface area contributed by atoms with Crippen LogP contribution in [0.15, 0.2) is 0 Å². The molecule has 1 aliphatic carbocycles. The van der Waals surface area contributed by atoms with Crippen LogP contribution in [0.25, 0.3) is 0 Å². The van der Waals surface area contributed by atoms with Gasteiger partial charge in [-0.2, -0.15) is 11.8 Å². The largest absolute Gasteiger partial charge is 0.313 e. The Bertz CT molecular complexity index is 391. The van der Waals surface area contributed by atoms with Gasteiger partial charge in [0.2, 0.25) is 0 Å². The summed E-state index contributed by atoms with van der Waals surface area (Å²) in [6, 6.07) is 0.537. The second kappa shape index (κ2) is 7.50. The molecule has 0 aromatic heterocycles. The molecular formula is C15H29NO2S2. The highest BCUT2D eigenvalue weighted by atomic mass is 32.2. The van der Waals surface area contributed by atoms with Crippen molar-refractivity contribution < 1.29 is 8.42 Å². The highest BCUT2D eigenvalue weighted by Crippen LogP contribution is 2.37. The van der Waals surface area contributed by atoms with Crippen molar-refractivity contribution in [1.29, 1.82) is 0 Å². The number of rotatable bonds is 6. The van der Waals surface area contributed by atoms with E-state index < -0.39 is 9.84 Å². The normalized spacial score (nSPS) is 33.2. The molecule has 0 spiro atoms. The SMILES string of the molecule is CCCNC(C1CCSC1)C1CCCC(S(C)(=O)=O)C1. The summed E-state index contributed by atoms with van der Waals surface area (Å²) in [5.74, 6) is 3.83. The van der Waals surface area contributed by atoms with Gasteiger partial charge >= 0.3 is 0 Å². The summed E-state index contributed by atoms with van der Waals surface area (Å²) in [7, 11) is -2.87. The third-order valence-corrected chi connectivity index (χ3v) is 7.71. The molecule has 1 heterocycles. The second-order valence-corrected chi connectivity index (χ2v) is 9.96. The molecule has 1 saturated heterocycles. The molecule has 118 valence electrons. The average molecular weight is 320 g/mol. The summed E-state index contributed by atoms with van der Waals surface area (Å²) >= 11 is 2.06. The summed E-state index contributed by atoms with van der Waals surface area (Å²) in [5.41, 5.74) is 0. The predicted molar refractivity (Wildman–Crippen MR) is 88.1 cm³/mol. The first-order valence-corrected chi connectivity index (χ1v) is 11.1. The fourth-order valence-electron chi connectivity index (χ4n) is 3.76. The predicted octanol–water partition coefficient (Wildman–Crippen LogP) is 2.71. The van der Waals surface area contributed by atoms with Crippen LogP contribution in [-0.4, -0.2) is 44.0 Å². The van der Waals surface area contributed by atoms with E-state index in [-0.39, 0.29) is 5.25 Å². The summed E-state index contributed by atoms with van der Waals surface area (Å²) in [4.78, 5) is 0. The molecule has 20 heavy (non-hydrogen) atoms. The molecule has 2 fully saturated rings. The summed E-state index contributed by atoms with van der Waals surface area (Å²) in [6.07, 6.45) is 7.89. The monoisotopic (exact) mass is 319 g/mol. The quantitative estimate of drug-likeness (QED) is 0.818. The first-order valence-electron chi connectivity index (χ1n) is 8.02. The lowest BCUT2D eigenvalue weighted by Gasteiger charge is -2.37. The molecule has 2 aliphatic rings. The van der Waals surface area contributed by atoms with Crippen LogP contribution < -0.4 is 5.32 Å². The highest BCUT2D eigenvalue weighted by Gasteiger charge is 2.37. The van der Waals surface area contributed by atoms with Gasteiger partial charge in [0, 0.05) is 12.3 Å². The summed E-state index contributed by atoms with van der Waals surface area (Å²) in [5, 5.41) is 3.65. The van der Waals surface area contributed by atoms with Gasteiger partial charge in [-0.3, -0.25) is 0 Å². The van der Waals surface area contributed by atoms with Gasteiger partial charge < -0.3 is 5.32 Å². The first kappa shape index (κ1) is 16.6. The third-order valence-electron chi connectivity index (χ3n) is 4.88. The number of nitrogens with one attached hydrogen (secondary N) is 1. The zero-order valence-corrected chi connectivity index (χ0v) is 14.4. The van der Waals surface area contributed by atoms with Gasteiger partial charge in [0.05, 0.1) is 5.25 Å². The highest BCUT2D eigenvalue weighted by molar-refractivity contribution is 7.99.